The van der Waals surface area contributed by atoms with E-state index in [1.165, 1.54) is 0 Å². The normalized spacial score (nSPS) is 15.2. The van der Waals surface area contributed by atoms with Crippen LogP contribution in [0.3, 0.4) is 0 Å². The van der Waals surface area contributed by atoms with Crippen LogP contribution in [0.2, 0.25) is 0 Å². The quantitative estimate of drug-likeness (QED) is 0.345. The molecule has 3 heterocycles. The van der Waals surface area contributed by atoms with Crippen molar-refractivity contribution in [2.24, 2.45) is 5.92 Å². The standard InChI is InChI=1S/C24H24N6O2.ClH/c25-22-24(32-19-6-5-17-8-10-27-20(17)11-19)30-21(14-28-22)16-1-3-18(4-2-16)23(31)29-13-15-7-9-26-12-15;/h1-6,8,10-11,14-15,26-27H,7,9,12-13H2,(H2,25,28)(H,29,31);1H. The van der Waals surface area contributed by atoms with Crippen molar-refractivity contribution in [3.63, 3.8) is 0 Å². The predicted octanol–water partition coefficient (Wildman–Crippen LogP) is 3.76. The molecule has 0 spiro atoms. The third kappa shape index (κ3) is 5.08. The van der Waals surface area contributed by atoms with Crippen molar-refractivity contribution < 1.29 is 9.53 Å². The van der Waals surface area contributed by atoms with Crippen molar-refractivity contribution in [1.82, 2.24) is 25.6 Å². The number of benzene rings is 2. The molecule has 0 saturated carbocycles. The summed E-state index contributed by atoms with van der Waals surface area (Å²) in [7, 11) is 0. The zero-order valence-corrected chi connectivity index (χ0v) is 18.7. The number of carbonyl (C=O) groups excluding carboxylic acids is 1. The number of anilines is 1. The van der Waals surface area contributed by atoms with Crippen molar-refractivity contribution in [2.75, 3.05) is 25.4 Å². The van der Waals surface area contributed by atoms with Crippen LogP contribution in [0.1, 0.15) is 16.8 Å². The van der Waals surface area contributed by atoms with Crippen LogP contribution < -0.4 is 21.1 Å². The van der Waals surface area contributed by atoms with Gasteiger partial charge in [0.15, 0.2) is 5.82 Å². The number of hydrogen-bond donors (Lipinski definition) is 4. The first kappa shape index (κ1) is 22.6. The number of ether oxygens (including phenoxy) is 1. The van der Waals surface area contributed by atoms with Crippen LogP contribution in [-0.4, -0.2) is 40.5 Å². The van der Waals surface area contributed by atoms with E-state index in [0.29, 0.717) is 29.5 Å². The number of halogens is 1. The lowest BCUT2D eigenvalue weighted by Crippen LogP contribution is -2.30. The maximum absolute atomic E-state index is 12.4. The summed E-state index contributed by atoms with van der Waals surface area (Å²) in [5.41, 5.74) is 8.99. The minimum absolute atomic E-state index is 0. The number of aromatic amines is 1. The Bertz CT molecular complexity index is 1250. The Balaban J connectivity index is 0.00000259. The van der Waals surface area contributed by atoms with E-state index in [0.717, 1.165) is 36.0 Å². The fraction of sp³-hybridized carbons (Fsp3) is 0.208. The molecule has 1 unspecified atom stereocenters. The fourth-order valence-electron chi connectivity index (χ4n) is 3.82. The van der Waals surface area contributed by atoms with Crippen LogP contribution in [0.4, 0.5) is 5.82 Å². The third-order valence-electron chi connectivity index (χ3n) is 5.66. The Morgan fingerprint density at radius 1 is 1.18 bits per heavy atom. The molecule has 1 aliphatic heterocycles. The van der Waals surface area contributed by atoms with Crippen LogP contribution in [0, 0.1) is 5.92 Å². The van der Waals surface area contributed by atoms with Crippen LogP contribution >= 0.6 is 12.4 Å². The van der Waals surface area contributed by atoms with E-state index in [2.05, 4.69) is 25.6 Å². The third-order valence-corrected chi connectivity index (χ3v) is 5.66. The zero-order chi connectivity index (χ0) is 21.9. The molecule has 1 fully saturated rings. The number of nitrogen functional groups attached to an aromatic ring is 1. The first-order valence-corrected chi connectivity index (χ1v) is 10.6. The number of amides is 1. The van der Waals surface area contributed by atoms with Crippen molar-refractivity contribution in [3.8, 4) is 22.9 Å². The number of H-pyrrole nitrogens is 1. The summed E-state index contributed by atoms with van der Waals surface area (Å²) in [4.78, 5) is 24.4. The Morgan fingerprint density at radius 2 is 2.03 bits per heavy atom. The maximum Gasteiger partial charge on any atom is 0.263 e. The van der Waals surface area contributed by atoms with Gasteiger partial charge in [-0.3, -0.25) is 4.79 Å². The number of hydrogen-bond acceptors (Lipinski definition) is 6. The number of fused-ring (bicyclic) bond motifs is 1. The number of aromatic nitrogens is 3. The second-order valence-electron chi connectivity index (χ2n) is 7.92. The van der Waals surface area contributed by atoms with E-state index in [1.807, 2.05) is 42.6 Å². The molecule has 0 aliphatic carbocycles. The molecule has 5 rings (SSSR count). The minimum atomic E-state index is -0.0735. The van der Waals surface area contributed by atoms with Gasteiger partial charge >= 0.3 is 0 Å². The van der Waals surface area contributed by atoms with Gasteiger partial charge in [0.05, 0.1) is 11.9 Å². The van der Waals surface area contributed by atoms with Crippen LogP contribution in [0.15, 0.2) is 60.9 Å². The highest BCUT2D eigenvalue weighted by atomic mass is 35.5. The molecule has 2 aromatic heterocycles. The summed E-state index contributed by atoms with van der Waals surface area (Å²) in [6.45, 7) is 2.66. The molecule has 8 nitrogen and oxygen atoms in total. The van der Waals surface area contributed by atoms with Gasteiger partial charge in [0.1, 0.15) is 5.75 Å². The van der Waals surface area contributed by atoms with Gasteiger partial charge in [-0.1, -0.05) is 12.1 Å². The van der Waals surface area contributed by atoms with Crippen molar-refractivity contribution in [1.29, 1.82) is 0 Å². The molecule has 0 bridgehead atoms. The van der Waals surface area contributed by atoms with Crippen molar-refractivity contribution >= 4 is 35.0 Å². The lowest BCUT2D eigenvalue weighted by Gasteiger charge is -2.11. The van der Waals surface area contributed by atoms with E-state index in [9.17, 15) is 4.79 Å². The topological polar surface area (TPSA) is 118 Å². The van der Waals surface area contributed by atoms with Crippen LogP contribution in [0.5, 0.6) is 11.6 Å². The van der Waals surface area contributed by atoms with E-state index in [-0.39, 0.29) is 30.0 Å². The van der Waals surface area contributed by atoms with Gasteiger partial charge in [0, 0.05) is 35.5 Å². The molecule has 9 heteroatoms. The summed E-state index contributed by atoms with van der Waals surface area (Å²) in [6.07, 6.45) is 4.57. The maximum atomic E-state index is 12.4. The molecule has 1 saturated heterocycles. The van der Waals surface area contributed by atoms with Crippen LogP contribution in [0.25, 0.3) is 22.2 Å². The van der Waals surface area contributed by atoms with Gasteiger partial charge in [-0.15, -0.1) is 12.4 Å². The lowest BCUT2D eigenvalue weighted by atomic mass is 10.1. The Kier molecular flexibility index (Phi) is 6.76. The van der Waals surface area contributed by atoms with Gasteiger partial charge in [0.25, 0.3) is 11.8 Å². The number of nitrogens with one attached hydrogen (secondary N) is 3. The SMILES string of the molecule is Cl.Nc1ncc(-c2ccc(C(=O)NCC3CCNC3)cc2)nc1Oc1ccc2cc[nH]c2c1. The smallest absolute Gasteiger partial charge is 0.263 e. The van der Waals surface area contributed by atoms with Gasteiger partial charge in [-0.05, 0) is 61.1 Å². The van der Waals surface area contributed by atoms with Crippen molar-refractivity contribution in [3.05, 3.63) is 66.5 Å². The Hall–Kier alpha value is -3.62. The fourth-order valence-corrected chi connectivity index (χ4v) is 3.82. The highest BCUT2D eigenvalue weighted by Crippen LogP contribution is 2.29. The predicted molar refractivity (Wildman–Crippen MR) is 131 cm³/mol. The monoisotopic (exact) mass is 464 g/mol. The highest BCUT2D eigenvalue weighted by Gasteiger charge is 2.16. The van der Waals surface area contributed by atoms with Gasteiger partial charge < -0.3 is 26.1 Å². The minimum Gasteiger partial charge on any atom is -0.436 e. The molecule has 170 valence electrons. The summed E-state index contributed by atoms with van der Waals surface area (Å²) in [6, 6.07) is 15.0. The molecule has 5 N–H and O–H groups in total. The molecule has 1 aliphatic rings. The largest absolute Gasteiger partial charge is 0.436 e. The average Bonchev–Trinajstić information content (AvgIpc) is 3.51. The Labute approximate surface area is 197 Å². The number of rotatable bonds is 6. The second-order valence-corrected chi connectivity index (χ2v) is 7.92. The van der Waals surface area contributed by atoms with E-state index >= 15 is 0 Å². The van der Waals surface area contributed by atoms with E-state index in [1.54, 1.807) is 18.3 Å². The summed E-state index contributed by atoms with van der Waals surface area (Å²) >= 11 is 0. The molecular weight excluding hydrogens is 440 g/mol. The summed E-state index contributed by atoms with van der Waals surface area (Å²) in [5, 5.41) is 7.41. The number of nitrogens with two attached hydrogens (primary N) is 1. The van der Waals surface area contributed by atoms with Crippen LogP contribution in [-0.2, 0) is 0 Å². The second kappa shape index (κ2) is 9.89. The molecule has 1 atom stereocenters. The van der Waals surface area contributed by atoms with E-state index < -0.39 is 0 Å². The molecule has 1 amide bonds. The number of carbonyl (C=O) groups is 1. The van der Waals surface area contributed by atoms with E-state index in [4.69, 9.17) is 10.5 Å². The average molecular weight is 465 g/mol. The molecule has 2 aromatic carbocycles. The Morgan fingerprint density at radius 3 is 2.82 bits per heavy atom. The highest BCUT2D eigenvalue weighted by molar-refractivity contribution is 5.94. The first-order valence-electron chi connectivity index (χ1n) is 10.6. The molecule has 33 heavy (non-hydrogen) atoms. The lowest BCUT2D eigenvalue weighted by molar-refractivity contribution is 0.0948. The molecule has 0 radical (unpaired) electrons. The summed E-state index contributed by atoms with van der Waals surface area (Å²) < 4.78 is 5.90. The first-order chi connectivity index (χ1) is 15.7. The zero-order valence-electron chi connectivity index (χ0n) is 17.9. The van der Waals surface area contributed by atoms with Gasteiger partial charge in [-0.25, -0.2) is 9.97 Å². The number of nitrogens with zero attached hydrogens (tertiary/aromatic N) is 2. The molecular formula is C24H25ClN6O2. The summed E-state index contributed by atoms with van der Waals surface area (Å²) in [5.74, 6) is 1.48. The van der Waals surface area contributed by atoms with Gasteiger partial charge in [-0.2, -0.15) is 0 Å². The van der Waals surface area contributed by atoms with Crippen molar-refractivity contribution in [2.45, 2.75) is 6.42 Å². The van der Waals surface area contributed by atoms with Gasteiger partial charge in [0.2, 0.25) is 0 Å². The molecule has 4 aromatic rings.